The molecule has 0 aliphatic heterocycles. The van der Waals surface area contributed by atoms with Gasteiger partial charge in [0.05, 0.1) is 0 Å². The van der Waals surface area contributed by atoms with E-state index < -0.39 is 0 Å². The average molecular weight is 227 g/mol. The van der Waals surface area contributed by atoms with Gasteiger partial charge in [0.1, 0.15) is 5.75 Å². The van der Waals surface area contributed by atoms with Crippen molar-refractivity contribution in [2.75, 3.05) is 0 Å². The second kappa shape index (κ2) is 4.05. The lowest BCUT2D eigenvalue weighted by Crippen LogP contribution is -2.13. The van der Waals surface area contributed by atoms with Crippen molar-refractivity contribution in [2.45, 2.75) is 45.9 Å². The van der Waals surface area contributed by atoms with E-state index in [-0.39, 0.29) is 5.41 Å². The summed E-state index contributed by atoms with van der Waals surface area (Å²) in [4.78, 5) is 0. The van der Waals surface area contributed by atoms with E-state index in [4.69, 9.17) is 11.6 Å². The van der Waals surface area contributed by atoms with Crippen LogP contribution in [-0.4, -0.2) is 5.11 Å². The van der Waals surface area contributed by atoms with Gasteiger partial charge in [-0.05, 0) is 41.5 Å². The third-order valence-electron chi connectivity index (χ3n) is 2.84. The van der Waals surface area contributed by atoms with Gasteiger partial charge in [-0.15, -0.1) is 11.6 Å². The number of halogens is 1. The Morgan fingerprint density at radius 2 is 1.80 bits per heavy atom. The van der Waals surface area contributed by atoms with Crippen LogP contribution < -0.4 is 0 Å². The molecule has 1 aromatic rings. The minimum Gasteiger partial charge on any atom is -0.507 e. The molecular weight excluding hydrogens is 208 g/mol. The van der Waals surface area contributed by atoms with Crippen LogP contribution in [0, 0.1) is 13.8 Å². The van der Waals surface area contributed by atoms with Gasteiger partial charge in [0.15, 0.2) is 0 Å². The molecule has 0 saturated heterocycles. The zero-order valence-electron chi connectivity index (χ0n) is 10.1. The molecule has 1 aromatic carbocycles. The lowest BCUT2D eigenvalue weighted by Gasteiger charge is -2.23. The third kappa shape index (κ3) is 2.28. The fourth-order valence-corrected chi connectivity index (χ4v) is 2.20. The maximum atomic E-state index is 10.1. The molecule has 0 saturated carbocycles. The summed E-state index contributed by atoms with van der Waals surface area (Å²) in [5.74, 6) is 0.846. The zero-order chi connectivity index (χ0) is 11.8. The van der Waals surface area contributed by atoms with Crippen molar-refractivity contribution in [3.63, 3.8) is 0 Å². The summed E-state index contributed by atoms with van der Waals surface area (Å²) < 4.78 is 0. The van der Waals surface area contributed by atoms with Crippen molar-refractivity contribution in [1.29, 1.82) is 0 Å². The molecule has 1 rings (SSSR count). The van der Waals surface area contributed by atoms with Gasteiger partial charge in [-0.25, -0.2) is 0 Å². The van der Waals surface area contributed by atoms with Crippen LogP contribution in [0.5, 0.6) is 5.75 Å². The minimum absolute atomic E-state index is 0.0373. The molecule has 0 atom stereocenters. The molecule has 0 heterocycles. The first-order valence-electron chi connectivity index (χ1n) is 5.17. The van der Waals surface area contributed by atoms with Crippen molar-refractivity contribution < 1.29 is 5.11 Å². The monoisotopic (exact) mass is 226 g/mol. The Morgan fingerprint density at radius 1 is 1.27 bits per heavy atom. The van der Waals surface area contributed by atoms with Crippen LogP contribution in [0.15, 0.2) is 6.07 Å². The lowest BCUT2D eigenvalue weighted by molar-refractivity contribution is 0.442. The Balaban J connectivity index is 3.48. The van der Waals surface area contributed by atoms with Crippen LogP contribution in [0.2, 0.25) is 0 Å². The highest BCUT2D eigenvalue weighted by Gasteiger charge is 2.21. The number of phenols is 1. The van der Waals surface area contributed by atoms with Crippen LogP contribution in [-0.2, 0) is 11.3 Å². The van der Waals surface area contributed by atoms with Gasteiger partial charge in [0.25, 0.3) is 0 Å². The second-order valence-electron chi connectivity index (χ2n) is 5.08. The molecule has 0 aliphatic rings. The number of alkyl halides is 1. The Labute approximate surface area is 97.1 Å². The van der Waals surface area contributed by atoms with E-state index in [9.17, 15) is 5.11 Å². The van der Waals surface area contributed by atoms with Crippen molar-refractivity contribution >= 4 is 11.6 Å². The number of phenolic OH excluding ortho intramolecular Hbond substituents is 1. The van der Waals surface area contributed by atoms with E-state index in [0.29, 0.717) is 11.6 Å². The molecule has 0 radical (unpaired) electrons. The van der Waals surface area contributed by atoms with E-state index in [1.54, 1.807) is 0 Å². The highest BCUT2D eigenvalue weighted by atomic mass is 35.5. The smallest absolute Gasteiger partial charge is 0.122 e. The molecule has 0 bridgehead atoms. The Morgan fingerprint density at radius 3 is 2.20 bits per heavy atom. The lowest BCUT2D eigenvalue weighted by atomic mass is 9.83. The summed E-state index contributed by atoms with van der Waals surface area (Å²) in [6.45, 7) is 10.3. The summed E-state index contributed by atoms with van der Waals surface area (Å²) >= 11 is 5.86. The van der Waals surface area contributed by atoms with E-state index in [1.807, 2.05) is 19.9 Å². The van der Waals surface area contributed by atoms with Crippen LogP contribution >= 0.6 is 11.6 Å². The van der Waals surface area contributed by atoms with Gasteiger partial charge in [-0.2, -0.15) is 0 Å². The van der Waals surface area contributed by atoms with Crippen LogP contribution in [0.25, 0.3) is 0 Å². The Bertz CT molecular complexity index is 375. The van der Waals surface area contributed by atoms with Crippen molar-refractivity contribution in [1.82, 2.24) is 0 Å². The molecular formula is C13H19ClO. The van der Waals surface area contributed by atoms with Crippen LogP contribution in [0.3, 0.4) is 0 Å². The summed E-state index contributed by atoms with van der Waals surface area (Å²) in [6.07, 6.45) is 0. The number of aromatic hydroxyl groups is 1. The fraction of sp³-hybridized carbons (Fsp3) is 0.538. The first kappa shape index (κ1) is 12.4. The number of hydrogen-bond acceptors (Lipinski definition) is 1. The maximum Gasteiger partial charge on any atom is 0.122 e. The van der Waals surface area contributed by atoms with Gasteiger partial charge < -0.3 is 5.11 Å². The molecule has 0 amide bonds. The van der Waals surface area contributed by atoms with E-state index in [1.165, 1.54) is 0 Å². The Kier molecular flexibility index (Phi) is 3.34. The Hall–Kier alpha value is -0.690. The predicted octanol–water partition coefficient (Wildman–Crippen LogP) is 4.05. The van der Waals surface area contributed by atoms with Crippen molar-refractivity contribution in [3.05, 3.63) is 28.3 Å². The van der Waals surface area contributed by atoms with E-state index in [0.717, 1.165) is 22.3 Å². The largest absolute Gasteiger partial charge is 0.507 e. The fourth-order valence-electron chi connectivity index (χ4n) is 1.79. The van der Waals surface area contributed by atoms with Crippen LogP contribution in [0.4, 0.5) is 0 Å². The van der Waals surface area contributed by atoms with Crippen molar-refractivity contribution in [3.8, 4) is 5.75 Å². The van der Waals surface area contributed by atoms with Crippen molar-refractivity contribution in [2.24, 2.45) is 0 Å². The number of benzene rings is 1. The van der Waals surface area contributed by atoms with Gasteiger partial charge in [0.2, 0.25) is 0 Å². The summed E-state index contributed by atoms with van der Waals surface area (Å²) in [5.41, 5.74) is 4.07. The summed E-state index contributed by atoms with van der Waals surface area (Å²) in [5, 5.41) is 10.1. The number of hydrogen-bond donors (Lipinski definition) is 1. The molecule has 0 fully saturated rings. The molecule has 1 N–H and O–H groups in total. The molecule has 84 valence electrons. The maximum absolute atomic E-state index is 10.1. The standard InChI is InChI=1S/C13H19ClO/c1-8-6-11(13(3,4)5)12(15)9(2)10(8)7-14/h6,15H,7H2,1-5H3. The van der Waals surface area contributed by atoms with Crippen LogP contribution in [0.1, 0.15) is 43.0 Å². The highest BCUT2D eigenvalue weighted by molar-refractivity contribution is 6.17. The topological polar surface area (TPSA) is 20.2 Å². The molecule has 0 spiro atoms. The molecule has 1 nitrogen and oxygen atoms in total. The van der Waals surface area contributed by atoms with Gasteiger partial charge in [-0.3, -0.25) is 0 Å². The SMILES string of the molecule is Cc1cc(C(C)(C)C)c(O)c(C)c1CCl. The summed E-state index contributed by atoms with van der Waals surface area (Å²) in [6, 6.07) is 2.04. The molecule has 0 aromatic heterocycles. The molecule has 2 heteroatoms. The number of rotatable bonds is 1. The third-order valence-corrected chi connectivity index (χ3v) is 3.11. The number of aryl methyl sites for hydroxylation is 1. The van der Waals surface area contributed by atoms with E-state index in [2.05, 4.69) is 20.8 Å². The summed E-state index contributed by atoms with van der Waals surface area (Å²) in [7, 11) is 0. The minimum atomic E-state index is -0.0373. The first-order valence-corrected chi connectivity index (χ1v) is 5.71. The van der Waals surface area contributed by atoms with E-state index >= 15 is 0 Å². The molecule has 15 heavy (non-hydrogen) atoms. The quantitative estimate of drug-likeness (QED) is 0.717. The average Bonchev–Trinajstić information content (AvgIpc) is 2.10. The van der Waals surface area contributed by atoms with Gasteiger partial charge in [-0.1, -0.05) is 26.8 Å². The predicted molar refractivity (Wildman–Crippen MR) is 65.8 cm³/mol. The zero-order valence-corrected chi connectivity index (χ0v) is 10.9. The normalized spacial score (nSPS) is 11.9. The van der Waals surface area contributed by atoms with Gasteiger partial charge in [0, 0.05) is 5.88 Å². The second-order valence-corrected chi connectivity index (χ2v) is 5.34. The first-order chi connectivity index (χ1) is 6.79. The molecule has 0 unspecified atom stereocenters. The van der Waals surface area contributed by atoms with Gasteiger partial charge >= 0.3 is 0 Å². The molecule has 0 aliphatic carbocycles. The highest BCUT2D eigenvalue weighted by Crippen LogP contribution is 2.36.